The van der Waals surface area contributed by atoms with Crippen LogP contribution in [0.5, 0.6) is 0 Å². The SMILES string of the molecule is CCOCc1c(C(=O)OCC(=O)N[C@@](C)(C#N)C(C)C)oc2ccccc12. The molecule has 0 unspecified atom stereocenters. The Labute approximate surface area is 158 Å². The number of hydrogen-bond donors (Lipinski definition) is 1. The van der Waals surface area contributed by atoms with Crippen molar-refractivity contribution >= 4 is 22.8 Å². The molecule has 0 spiro atoms. The first-order chi connectivity index (χ1) is 12.8. The molecule has 7 heteroatoms. The van der Waals surface area contributed by atoms with Gasteiger partial charge in [0.15, 0.2) is 6.61 Å². The van der Waals surface area contributed by atoms with Crippen molar-refractivity contribution in [2.45, 2.75) is 39.8 Å². The molecule has 1 aromatic carbocycles. The zero-order chi connectivity index (χ0) is 20.0. The van der Waals surface area contributed by atoms with Crippen LogP contribution in [0.4, 0.5) is 0 Å². The molecule has 2 rings (SSSR count). The summed E-state index contributed by atoms with van der Waals surface area (Å²) >= 11 is 0. The number of fused-ring (bicyclic) bond motifs is 1. The summed E-state index contributed by atoms with van der Waals surface area (Å²) in [6.45, 7) is 7.30. The van der Waals surface area contributed by atoms with Crippen LogP contribution in [0.3, 0.4) is 0 Å². The number of rotatable bonds is 8. The zero-order valence-electron chi connectivity index (χ0n) is 16.0. The van der Waals surface area contributed by atoms with Crippen LogP contribution < -0.4 is 5.32 Å². The highest BCUT2D eigenvalue weighted by atomic mass is 16.5. The van der Waals surface area contributed by atoms with E-state index < -0.39 is 24.0 Å². The number of amides is 1. The summed E-state index contributed by atoms with van der Waals surface area (Å²) < 4.78 is 16.1. The molecule has 0 bridgehead atoms. The maximum absolute atomic E-state index is 12.5. The van der Waals surface area contributed by atoms with Crippen molar-refractivity contribution in [3.63, 3.8) is 0 Å². The number of carbonyl (C=O) groups is 2. The average molecular weight is 372 g/mol. The van der Waals surface area contributed by atoms with E-state index in [1.807, 2.05) is 32.9 Å². The van der Waals surface area contributed by atoms with Gasteiger partial charge in [-0.15, -0.1) is 0 Å². The molecule has 0 radical (unpaired) electrons. The van der Waals surface area contributed by atoms with Gasteiger partial charge in [0.1, 0.15) is 11.1 Å². The highest BCUT2D eigenvalue weighted by Crippen LogP contribution is 2.27. The summed E-state index contributed by atoms with van der Waals surface area (Å²) in [5.41, 5.74) is 0.0885. The van der Waals surface area contributed by atoms with Gasteiger partial charge in [-0.3, -0.25) is 4.79 Å². The summed E-state index contributed by atoms with van der Waals surface area (Å²) in [5.74, 6) is -1.39. The minimum absolute atomic E-state index is 0.0179. The molecule has 27 heavy (non-hydrogen) atoms. The Morgan fingerprint density at radius 3 is 2.67 bits per heavy atom. The normalized spacial score (nSPS) is 13.2. The van der Waals surface area contributed by atoms with E-state index in [0.717, 1.165) is 5.39 Å². The lowest BCUT2D eigenvalue weighted by Gasteiger charge is -2.27. The number of nitrogens with one attached hydrogen (secondary N) is 1. The fraction of sp³-hybridized carbons (Fsp3) is 0.450. The molecule has 0 fully saturated rings. The smallest absolute Gasteiger partial charge is 0.375 e. The largest absolute Gasteiger partial charge is 0.450 e. The van der Waals surface area contributed by atoms with Crippen molar-refractivity contribution in [2.24, 2.45) is 5.92 Å². The molecule has 0 saturated carbocycles. The highest BCUT2D eigenvalue weighted by Gasteiger charge is 2.30. The first-order valence-electron chi connectivity index (χ1n) is 8.80. The third kappa shape index (κ3) is 4.66. The average Bonchev–Trinajstić information content (AvgIpc) is 3.02. The van der Waals surface area contributed by atoms with E-state index in [2.05, 4.69) is 11.4 Å². The van der Waals surface area contributed by atoms with Crippen molar-refractivity contribution in [3.8, 4) is 6.07 Å². The number of furan rings is 1. The number of hydrogen-bond acceptors (Lipinski definition) is 6. The summed E-state index contributed by atoms with van der Waals surface area (Å²) in [6.07, 6.45) is 0. The zero-order valence-corrected chi connectivity index (χ0v) is 16.0. The molecular formula is C20H24N2O5. The number of para-hydroxylation sites is 1. The first-order valence-corrected chi connectivity index (χ1v) is 8.80. The van der Waals surface area contributed by atoms with Crippen molar-refractivity contribution in [3.05, 3.63) is 35.6 Å². The molecule has 1 N–H and O–H groups in total. The van der Waals surface area contributed by atoms with Gasteiger partial charge in [-0.1, -0.05) is 32.0 Å². The van der Waals surface area contributed by atoms with Crippen LogP contribution in [0.1, 0.15) is 43.8 Å². The van der Waals surface area contributed by atoms with Crippen LogP contribution in [-0.4, -0.2) is 30.6 Å². The van der Waals surface area contributed by atoms with Gasteiger partial charge in [-0.05, 0) is 25.8 Å². The van der Waals surface area contributed by atoms with Crippen molar-refractivity contribution in [1.29, 1.82) is 5.26 Å². The van der Waals surface area contributed by atoms with Crippen molar-refractivity contribution < 1.29 is 23.5 Å². The van der Waals surface area contributed by atoms with Crippen LogP contribution in [0.25, 0.3) is 11.0 Å². The topological polar surface area (TPSA) is 102 Å². The van der Waals surface area contributed by atoms with E-state index in [4.69, 9.17) is 13.9 Å². The maximum Gasteiger partial charge on any atom is 0.375 e. The Morgan fingerprint density at radius 2 is 2.04 bits per heavy atom. The van der Waals surface area contributed by atoms with E-state index in [1.165, 1.54) is 0 Å². The number of ether oxygens (including phenoxy) is 2. The van der Waals surface area contributed by atoms with E-state index in [9.17, 15) is 14.9 Å². The molecule has 0 aliphatic carbocycles. The molecule has 1 amide bonds. The number of benzene rings is 1. The number of carbonyl (C=O) groups excluding carboxylic acids is 2. The first kappa shape index (κ1) is 20.5. The molecular weight excluding hydrogens is 348 g/mol. The lowest BCUT2D eigenvalue weighted by molar-refractivity contribution is -0.125. The summed E-state index contributed by atoms with van der Waals surface area (Å²) in [6, 6.07) is 9.28. The molecule has 7 nitrogen and oxygen atoms in total. The van der Waals surface area contributed by atoms with Crippen LogP contribution >= 0.6 is 0 Å². The Kier molecular flexibility index (Phi) is 6.59. The second-order valence-corrected chi connectivity index (χ2v) is 6.64. The van der Waals surface area contributed by atoms with Gasteiger partial charge in [0.2, 0.25) is 5.76 Å². The summed E-state index contributed by atoms with van der Waals surface area (Å²) in [5, 5.41) is 12.6. The van der Waals surface area contributed by atoms with Crippen LogP contribution in [-0.2, 0) is 20.9 Å². The van der Waals surface area contributed by atoms with Gasteiger partial charge >= 0.3 is 5.97 Å². The van der Waals surface area contributed by atoms with Crippen molar-refractivity contribution in [1.82, 2.24) is 5.32 Å². The Morgan fingerprint density at radius 1 is 1.33 bits per heavy atom. The lowest BCUT2D eigenvalue weighted by Crippen LogP contribution is -2.50. The van der Waals surface area contributed by atoms with Crippen LogP contribution in [0.15, 0.2) is 28.7 Å². The Balaban J connectivity index is 2.12. The molecule has 1 heterocycles. The van der Waals surface area contributed by atoms with Gasteiger partial charge in [0.05, 0.1) is 12.7 Å². The van der Waals surface area contributed by atoms with E-state index >= 15 is 0 Å². The standard InChI is InChI=1S/C20H24N2O5/c1-5-25-10-15-14-8-6-7-9-16(14)27-18(15)19(24)26-11-17(23)22-20(4,12-21)13(2)3/h6-9,13H,5,10-11H2,1-4H3,(H,22,23)/t20-/m0/s1. The molecule has 1 aromatic heterocycles. The van der Waals surface area contributed by atoms with Crippen LogP contribution in [0, 0.1) is 17.2 Å². The highest BCUT2D eigenvalue weighted by molar-refractivity contribution is 5.96. The molecule has 0 saturated heterocycles. The van der Waals surface area contributed by atoms with Gasteiger partial charge in [0, 0.05) is 17.6 Å². The molecule has 144 valence electrons. The van der Waals surface area contributed by atoms with E-state index in [1.54, 1.807) is 19.1 Å². The predicted molar refractivity (Wildman–Crippen MR) is 98.8 cm³/mol. The fourth-order valence-corrected chi connectivity index (χ4v) is 2.43. The van der Waals surface area contributed by atoms with Gasteiger partial charge in [-0.2, -0.15) is 5.26 Å². The third-order valence-corrected chi connectivity index (χ3v) is 4.45. The van der Waals surface area contributed by atoms with Gasteiger partial charge in [-0.25, -0.2) is 4.79 Å². The third-order valence-electron chi connectivity index (χ3n) is 4.45. The predicted octanol–water partition coefficient (Wildman–Crippen LogP) is 3.18. The Hall–Kier alpha value is -2.85. The fourth-order valence-electron chi connectivity index (χ4n) is 2.43. The number of nitriles is 1. The van der Waals surface area contributed by atoms with Crippen molar-refractivity contribution in [2.75, 3.05) is 13.2 Å². The number of nitrogens with zero attached hydrogens (tertiary/aromatic N) is 1. The molecule has 0 aliphatic rings. The molecule has 1 atom stereocenters. The quantitative estimate of drug-likeness (QED) is 0.714. The summed E-state index contributed by atoms with van der Waals surface area (Å²) in [7, 11) is 0. The number of esters is 1. The monoisotopic (exact) mass is 372 g/mol. The summed E-state index contributed by atoms with van der Waals surface area (Å²) in [4.78, 5) is 24.5. The van der Waals surface area contributed by atoms with Crippen LogP contribution in [0.2, 0.25) is 0 Å². The maximum atomic E-state index is 12.5. The van der Waals surface area contributed by atoms with E-state index in [0.29, 0.717) is 17.8 Å². The minimum Gasteiger partial charge on any atom is -0.450 e. The minimum atomic E-state index is -1.04. The lowest BCUT2D eigenvalue weighted by atomic mass is 9.90. The second-order valence-electron chi connectivity index (χ2n) is 6.64. The van der Waals surface area contributed by atoms with Gasteiger partial charge in [0.25, 0.3) is 5.91 Å². The van der Waals surface area contributed by atoms with E-state index in [-0.39, 0.29) is 18.3 Å². The molecule has 0 aliphatic heterocycles. The second kappa shape index (κ2) is 8.69. The van der Waals surface area contributed by atoms with Gasteiger partial charge < -0.3 is 19.2 Å². The Bertz CT molecular complexity index is 865. The molecule has 2 aromatic rings.